The Morgan fingerprint density at radius 1 is 1.00 bits per heavy atom. The minimum atomic E-state index is 1.00. The lowest BCUT2D eigenvalue weighted by atomic mass is 9.91. The Bertz CT molecular complexity index is 227. The summed E-state index contributed by atoms with van der Waals surface area (Å²) < 4.78 is 2.55. The van der Waals surface area contributed by atoms with Gasteiger partial charge in [-0.1, -0.05) is 13.8 Å². The van der Waals surface area contributed by atoms with Crippen LogP contribution in [0.2, 0.25) is 0 Å². The average molecular weight is 256 g/mol. The van der Waals surface area contributed by atoms with E-state index in [1.54, 1.807) is 0 Å². The molecule has 1 fully saturated rings. The maximum atomic E-state index is 2.46. The highest BCUT2D eigenvalue weighted by Gasteiger charge is 2.30. The second-order valence-corrected chi connectivity index (χ2v) is 7.41. The molecule has 0 atom stereocenters. The third kappa shape index (κ3) is 5.27. The fraction of sp³-hybridized carbons (Fsp3) is 1.00. The molecule has 0 spiro atoms. The highest BCUT2D eigenvalue weighted by molar-refractivity contribution is 4.64. The summed E-state index contributed by atoms with van der Waals surface area (Å²) in [6.45, 7) is 11.5. The molecule has 0 saturated carbocycles. The van der Waals surface area contributed by atoms with E-state index in [0.29, 0.717) is 0 Å². The van der Waals surface area contributed by atoms with Crippen LogP contribution in [-0.2, 0) is 0 Å². The van der Waals surface area contributed by atoms with Gasteiger partial charge in [0.1, 0.15) is 0 Å². The summed E-state index contributed by atoms with van der Waals surface area (Å²) in [4.78, 5) is 0. The molecule has 0 aliphatic carbocycles. The lowest BCUT2D eigenvalue weighted by molar-refractivity contribution is -0.916. The predicted molar refractivity (Wildman–Crippen MR) is 80.6 cm³/mol. The summed E-state index contributed by atoms with van der Waals surface area (Å²) in [5, 5.41) is 0. The van der Waals surface area contributed by atoms with E-state index in [4.69, 9.17) is 0 Å². The third-order valence-electron chi connectivity index (χ3n) is 4.89. The van der Waals surface area contributed by atoms with Crippen molar-refractivity contribution in [2.24, 2.45) is 5.92 Å². The molecule has 2 heteroatoms. The summed E-state index contributed by atoms with van der Waals surface area (Å²) in [6, 6.07) is 0. The molecule has 1 rings (SSSR count). The number of nitrogens with zero attached hydrogens (tertiary/aromatic N) is 2. The number of likely N-dealkylation sites (tertiary alicyclic amines) is 1. The van der Waals surface area contributed by atoms with Gasteiger partial charge in [-0.3, -0.25) is 0 Å². The quantitative estimate of drug-likeness (QED) is 0.614. The molecular formula is C16H36N2+2. The molecule has 2 nitrogen and oxygen atoms in total. The molecule has 0 unspecified atom stereocenters. The smallest absolute Gasteiger partial charge is 0.0787 e. The van der Waals surface area contributed by atoms with Crippen molar-refractivity contribution in [1.82, 2.24) is 0 Å². The first-order valence-electron chi connectivity index (χ1n) is 8.06. The van der Waals surface area contributed by atoms with Gasteiger partial charge in [0.2, 0.25) is 0 Å². The second kappa shape index (κ2) is 6.91. The molecule has 1 saturated heterocycles. The summed E-state index contributed by atoms with van der Waals surface area (Å²) in [5.74, 6) is 1.00. The molecule has 108 valence electrons. The molecule has 1 heterocycles. The number of quaternary nitrogens is 2. The van der Waals surface area contributed by atoms with Crippen LogP contribution >= 0.6 is 0 Å². The van der Waals surface area contributed by atoms with Crippen molar-refractivity contribution in [2.75, 3.05) is 53.9 Å². The zero-order valence-electron chi connectivity index (χ0n) is 13.5. The van der Waals surface area contributed by atoms with E-state index in [1.807, 2.05) is 0 Å². The first-order chi connectivity index (χ1) is 8.41. The van der Waals surface area contributed by atoms with Crippen LogP contribution in [-0.4, -0.2) is 62.8 Å². The summed E-state index contributed by atoms with van der Waals surface area (Å²) in [7, 11) is 7.24. The normalized spacial score (nSPS) is 29.5. The molecule has 0 aromatic rings. The topological polar surface area (TPSA) is 0 Å². The van der Waals surface area contributed by atoms with E-state index in [-0.39, 0.29) is 0 Å². The van der Waals surface area contributed by atoms with Gasteiger partial charge in [-0.25, -0.2) is 0 Å². The maximum Gasteiger partial charge on any atom is 0.0787 e. The zero-order chi connectivity index (χ0) is 13.6. The molecule has 0 aromatic carbocycles. The highest BCUT2D eigenvalue weighted by atomic mass is 15.3. The first-order valence-corrected chi connectivity index (χ1v) is 8.06. The first kappa shape index (κ1) is 16.0. The largest absolute Gasteiger partial charge is 0.328 e. The Balaban J connectivity index is 2.27. The van der Waals surface area contributed by atoms with Crippen molar-refractivity contribution in [3.05, 3.63) is 0 Å². The van der Waals surface area contributed by atoms with E-state index < -0.39 is 0 Å². The van der Waals surface area contributed by atoms with Crippen molar-refractivity contribution >= 4 is 0 Å². The molecule has 0 radical (unpaired) electrons. The third-order valence-corrected chi connectivity index (χ3v) is 4.89. The van der Waals surface area contributed by atoms with Crippen LogP contribution in [0.1, 0.15) is 46.0 Å². The number of piperidine rings is 1. The van der Waals surface area contributed by atoms with Crippen LogP contribution in [0, 0.1) is 5.92 Å². The highest BCUT2D eigenvalue weighted by Crippen LogP contribution is 2.25. The molecule has 0 N–H and O–H groups in total. The Kier molecular flexibility index (Phi) is 6.13. The Morgan fingerprint density at radius 2 is 1.61 bits per heavy atom. The summed E-state index contributed by atoms with van der Waals surface area (Å²) in [6.07, 6.45) is 7.01. The lowest BCUT2D eigenvalue weighted by Crippen LogP contribution is -2.50. The van der Waals surface area contributed by atoms with E-state index in [9.17, 15) is 0 Å². The predicted octanol–water partition coefficient (Wildman–Crippen LogP) is 3.13. The molecule has 0 aromatic heterocycles. The minimum absolute atomic E-state index is 1.00. The van der Waals surface area contributed by atoms with Crippen molar-refractivity contribution in [2.45, 2.75) is 46.0 Å². The van der Waals surface area contributed by atoms with E-state index in [2.05, 4.69) is 35.0 Å². The Hall–Kier alpha value is -0.0800. The van der Waals surface area contributed by atoms with Gasteiger partial charge in [-0.05, 0) is 38.0 Å². The van der Waals surface area contributed by atoms with Crippen LogP contribution in [0.25, 0.3) is 0 Å². The molecular weight excluding hydrogens is 220 g/mol. The van der Waals surface area contributed by atoms with Crippen LogP contribution in [0.4, 0.5) is 0 Å². The number of hydrogen-bond acceptors (Lipinski definition) is 0. The van der Waals surface area contributed by atoms with Crippen molar-refractivity contribution < 1.29 is 8.97 Å². The standard InChI is InChI=1S/C16H36N2/c1-6-11-17(3,4)13-8-16-9-14-18(5,12-7-2)15-10-16/h16H,6-15H2,1-5H3/q+2. The fourth-order valence-electron chi connectivity index (χ4n) is 3.55. The number of hydrogen-bond donors (Lipinski definition) is 0. The molecule has 1 aliphatic rings. The van der Waals surface area contributed by atoms with Gasteiger partial charge in [0.25, 0.3) is 0 Å². The second-order valence-electron chi connectivity index (χ2n) is 7.41. The van der Waals surface area contributed by atoms with Gasteiger partial charge in [0, 0.05) is 0 Å². The fourth-order valence-corrected chi connectivity index (χ4v) is 3.55. The van der Waals surface area contributed by atoms with E-state index >= 15 is 0 Å². The van der Waals surface area contributed by atoms with Gasteiger partial charge >= 0.3 is 0 Å². The van der Waals surface area contributed by atoms with Crippen molar-refractivity contribution in [3.8, 4) is 0 Å². The average Bonchev–Trinajstić information content (AvgIpc) is 2.28. The SMILES string of the molecule is CCC[N+](C)(C)CCC1CC[N+](C)(CCC)CC1. The zero-order valence-corrected chi connectivity index (χ0v) is 13.5. The lowest BCUT2D eigenvalue weighted by Gasteiger charge is -2.41. The molecule has 0 bridgehead atoms. The molecule has 0 amide bonds. The molecule has 18 heavy (non-hydrogen) atoms. The summed E-state index contributed by atoms with van der Waals surface area (Å²) >= 11 is 0. The van der Waals surface area contributed by atoms with E-state index in [1.165, 1.54) is 73.8 Å². The van der Waals surface area contributed by atoms with Crippen molar-refractivity contribution in [1.29, 1.82) is 0 Å². The Labute approximate surface area is 115 Å². The van der Waals surface area contributed by atoms with Gasteiger partial charge in [0.15, 0.2) is 0 Å². The van der Waals surface area contributed by atoms with Gasteiger partial charge in [-0.2, -0.15) is 0 Å². The number of rotatable bonds is 7. The van der Waals surface area contributed by atoms with Gasteiger partial charge in [0.05, 0.1) is 53.9 Å². The van der Waals surface area contributed by atoms with Crippen molar-refractivity contribution in [3.63, 3.8) is 0 Å². The van der Waals surface area contributed by atoms with Crippen LogP contribution in [0.3, 0.4) is 0 Å². The van der Waals surface area contributed by atoms with E-state index in [0.717, 1.165) is 5.92 Å². The maximum absolute atomic E-state index is 2.46. The van der Waals surface area contributed by atoms with Gasteiger partial charge in [-0.15, -0.1) is 0 Å². The van der Waals surface area contributed by atoms with Crippen LogP contribution < -0.4 is 0 Å². The van der Waals surface area contributed by atoms with Crippen LogP contribution in [0.5, 0.6) is 0 Å². The summed E-state index contributed by atoms with van der Waals surface area (Å²) in [5.41, 5.74) is 0. The molecule has 1 aliphatic heterocycles. The monoisotopic (exact) mass is 256 g/mol. The minimum Gasteiger partial charge on any atom is -0.328 e. The van der Waals surface area contributed by atoms with Gasteiger partial charge < -0.3 is 8.97 Å². The van der Waals surface area contributed by atoms with Crippen LogP contribution in [0.15, 0.2) is 0 Å². The Morgan fingerprint density at radius 3 is 2.11 bits per heavy atom.